The summed E-state index contributed by atoms with van der Waals surface area (Å²) in [5.74, 6) is -0.660. The van der Waals surface area contributed by atoms with Crippen molar-refractivity contribution in [1.29, 1.82) is 0 Å². The molecule has 0 saturated heterocycles. The zero-order chi connectivity index (χ0) is 21.2. The lowest BCUT2D eigenvalue weighted by Gasteiger charge is -2.08. The van der Waals surface area contributed by atoms with Gasteiger partial charge in [0.25, 0.3) is 0 Å². The maximum Gasteiger partial charge on any atom is 0.435 e. The van der Waals surface area contributed by atoms with Crippen LogP contribution >= 0.6 is 11.6 Å². The Morgan fingerprint density at radius 3 is 2.66 bits per heavy atom. The molecule has 9 nitrogen and oxygen atoms in total. The number of aromatic nitrogens is 4. The van der Waals surface area contributed by atoms with Gasteiger partial charge in [-0.05, 0) is 30.3 Å². The van der Waals surface area contributed by atoms with Gasteiger partial charge in [0.2, 0.25) is 5.91 Å². The third-order valence-corrected chi connectivity index (χ3v) is 4.67. The summed E-state index contributed by atoms with van der Waals surface area (Å²) in [6.45, 7) is 0.645. The standard InChI is InChI=1S/C16H18ClF3N6O3/c17-11-9-24(23-15(11)26(28)29)7-4-14(27)21-5-1-6-25-12(10-2-3-10)8-13(22-25)16(18,19)20/h8-10H,1-7H2,(H,21,27). The molecule has 0 aromatic carbocycles. The number of amides is 1. The first kappa shape index (κ1) is 21.1. The van der Waals surface area contributed by atoms with Crippen molar-refractivity contribution in [1.82, 2.24) is 24.9 Å². The average Bonchev–Trinajstić information content (AvgIpc) is 3.26. The molecule has 0 spiro atoms. The van der Waals surface area contributed by atoms with E-state index in [2.05, 4.69) is 15.5 Å². The van der Waals surface area contributed by atoms with Crippen molar-refractivity contribution in [2.45, 2.75) is 50.9 Å². The fourth-order valence-electron chi connectivity index (χ4n) is 2.84. The molecule has 158 valence electrons. The van der Waals surface area contributed by atoms with Crippen LogP contribution in [-0.2, 0) is 24.1 Å². The lowest BCUT2D eigenvalue weighted by Crippen LogP contribution is -2.26. The first-order valence-electron chi connectivity index (χ1n) is 8.94. The number of rotatable bonds is 9. The Hall–Kier alpha value is -2.63. The molecule has 13 heteroatoms. The van der Waals surface area contributed by atoms with Crippen molar-refractivity contribution in [2.75, 3.05) is 6.54 Å². The minimum Gasteiger partial charge on any atom is -0.358 e. The maximum absolute atomic E-state index is 12.9. The van der Waals surface area contributed by atoms with Gasteiger partial charge < -0.3 is 15.4 Å². The highest BCUT2D eigenvalue weighted by Crippen LogP contribution is 2.42. The van der Waals surface area contributed by atoms with Gasteiger partial charge in [0.05, 0.1) is 17.8 Å². The number of nitro groups is 1. The monoisotopic (exact) mass is 434 g/mol. The van der Waals surface area contributed by atoms with Gasteiger partial charge in [-0.25, -0.2) is 0 Å². The van der Waals surface area contributed by atoms with Crippen molar-refractivity contribution in [3.63, 3.8) is 0 Å². The number of carbonyl (C=O) groups is 1. The lowest BCUT2D eigenvalue weighted by molar-refractivity contribution is -0.389. The topological polar surface area (TPSA) is 108 Å². The van der Waals surface area contributed by atoms with Crippen molar-refractivity contribution in [2.24, 2.45) is 0 Å². The number of nitrogens with one attached hydrogen (secondary N) is 1. The van der Waals surface area contributed by atoms with Gasteiger partial charge in [-0.15, -0.1) is 0 Å². The van der Waals surface area contributed by atoms with Crippen LogP contribution in [0, 0.1) is 10.1 Å². The lowest BCUT2D eigenvalue weighted by atomic mass is 10.2. The van der Waals surface area contributed by atoms with E-state index in [4.69, 9.17) is 11.6 Å². The van der Waals surface area contributed by atoms with E-state index in [0.29, 0.717) is 12.1 Å². The molecule has 1 aliphatic carbocycles. The average molecular weight is 435 g/mol. The fourth-order valence-corrected chi connectivity index (χ4v) is 3.06. The van der Waals surface area contributed by atoms with Gasteiger partial charge in [0.1, 0.15) is 0 Å². The maximum atomic E-state index is 12.9. The molecule has 0 unspecified atom stereocenters. The molecule has 0 aliphatic heterocycles. The second kappa shape index (κ2) is 8.39. The molecule has 29 heavy (non-hydrogen) atoms. The Balaban J connectivity index is 1.43. The summed E-state index contributed by atoms with van der Waals surface area (Å²) in [6.07, 6.45) is -1.05. The molecule has 1 N–H and O–H groups in total. The predicted octanol–water partition coefficient (Wildman–Crippen LogP) is 3.13. The van der Waals surface area contributed by atoms with Crippen LogP contribution < -0.4 is 5.32 Å². The fraction of sp³-hybridized carbons (Fsp3) is 0.562. The van der Waals surface area contributed by atoms with Crippen molar-refractivity contribution in [3.8, 4) is 0 Å². The Morgan fingerprint density at radius 2 is 2.07 bits per heavy atom. The summed E-state index contributed by atoms with van der Waals surface area (Å²) in [5.41, 5.74) is -0.309. The van der Waals surface area contributed by atoms with Crippen molar-refractivity contribution >= 4 is 23.3 Å². The van der Waals surface area contributed by atoms with E-state index in [1.165, 1.54) is 15.6 Å². The normalized spacial score (nSPS) is 14.2. The summed E-state index contributed by atoms with van der Waals surface area (Å²) in [6, 6.07) is 1.10. The van der Waals surface area contributed by atoms with Crippen LogP contribution in [-0.4, -0.2) is 36.9 Å². The smallest absolute Gasteiger partial charge is 0.358 e. The molecule has 0 bridgehead atoms. The van der Waals surface area contributed by atoms with E-state index in [0.717, 1.165) is 18.9 Å². The molecule has 3 rings (SSSR count). The van der Waals surface area contributed by atoms with Crippen LogP contribution in [0.5, 0.6) is 0 Å². The molecule has 1 fully saturated rings. The summed E-state index contributed by atoms with van der Waals surface area (Å²) in [4.78, 5) is 21.9. The summed E-state index contributed by atoms with van der Waals surface area (Å²) in [7, 11) is 0. The van der Waals surface area contributed by atoms with E-state index in [9.17, 15) is 28.1 Å². The van der Waals surface area contributed by atoms with Crippen LogP contribution in [0.15, 0.2) is 12.3 Å². The number of carbonyl (C=O) groups excluding carboxylic acids is 1. The molecule has 0 radical (unpaired) electrons. The Bertz CT molecular complexity index is 906. The molecule has 0 atom stereocenters. The Morgan fingerprint density at radius 1 is 1.34 bits per heavy atom. The van der Waals surface area contributed by atoms with Crippen LogP contribution in [0.2, 0.25) is 5.02 Å². The minimum atomic E-state index is -4.48. The van der Waals surface area contributed by atoms with E-state index in [-0.39, 0.29) is 42.9 Å². The second-order valence-electron chi connectivity index (χ2n) is 6.72. The largest absolute Gasteiger partial charge is 0.435 e. The van der Waals surface area contributed by atoms with E-state index in [1.54, 1.807) is 0 Å². The molecular formula is C16H18ClF3N6O3. The van der Waals surface area contributed by atoms with E-state index < -0.39 is 22.6 Å². The van der Waals surface area contributed by atoms with Gasteiger partial charge in [-0.2, -0.15) is 23.0 Å². The highest BCUT2D eigenvalue weighted by molar-refractivity contribution is 6.32. The van der Waals surface area contributed by atoms with Gasteiger partial charge >= 0.3 is 12.0 Å². The van der Waals surface area contributed by atoms with Crippen LogP contribution in [0.25, 0.3) is 0 Å². The minimum absolute atomic E-state index is 0.0302. The Labute approximate surface area is 168 Å². The SMILES string of the molecule is O=C(CCn1cc(Cl)c([N+](=O)[O-])n1)NCCCn1nc(C(F)(F)F)cc1C1CC1. The Kier molecular flexibility index (Phi) is 6.10. The number of aryl methyl sites for hydroxylation is 2. The first-order valence-corrected chi connectivity index (χ1v) is 9.32. The summed E-state index contributed by atoms with van der Waals surface area (Å²) >= 11 is 5.68. The van der Waals surface area contributed by atoms with Crippen LogP contribution in [0.1, 0.15) is 43.0 Å². The van der Waals surface area contributed by atoms with E-state index in [1.807, 2.05) is 0 Å². The number of hydrogen-bond acceptors (Lipinski definition) is 5. The molecule has 2 aromatic heterocycles. The second-order valence-corrected chi connectivity index (χ2v) is 7.13. The third kappa shape index (κ3) is 5.46. The molecular weight excluding hydrogens is 417 g/mol. The van der Waals surface area contributed by atoms with Crippen molar-refractivity contribution in [3.05, 3.63) is 38.8 Å². The highest BCUT2D eigenvalue weighted by atomic mass is 35.5. The van der Waals surface area contributed by atoms with E-state index >= 15 is 0 Å². The summed E-state index contributed by atoms with van der Waals surface area (Å²) in [5, 5.41) is 20.6. The number of hydrogen-bond donors (Lipinski definition) is 1. The van der Waals surface area contributed by atoms with Crippen LogP contribution in [0.4, 0.5) is 19.0 Å². The molecule has 1 aliphatic rings. The highest BCUT2D eigenvalue weighted by Gasteiger charge is 2.37. The number of halogens is 4. The predicted molar refractivity (Wildman–Crippen MR) is 95.3 cm³/mol. The molecule has 1 saturated carbocycles. The van der Waals surface area contributed by atoms with Gasteiger partial charge in [-0.1, -0.05) is 11.6 Å². The van der Waals surface area contributed by atoms with Gasteiger partial charge in [0.15, 0.2) is 10.7 Å². The van der Waals surface area contributed by atoms with Gasteiger partial charge in [-0.3, -0.25) is 9.48 Å². The number of nitrogens with zero attached hydrogens (tertiary/aromatic N) is 5. The zero-order valence-corrected chi connectivity index (χ0v) is 15.9. The van der Waals surface area contributed by atoms with Crippen molar-refractivity contribution < 1.29 is 22.9 Å². The number of alkyl halides is 3. The molecule has 1 amide bonds. The quantitative estimate of drug-likeness (QED) is 0.370. The zero-order valence-electron chi connectivity index (χ0n) is 15.2. The van der Waals surface area contributed by atoms with Crippen LogP contribution in [0.3, 0.4) is 0 Å². The van der Waals surface area contributed by atoms with Gasteiger partial charge in [0, 0.05) is 31.1 Å². The third-order valence-electron chi connectivity index (χ3n) is 4.41. The summed E-state index contributed by atoms with van der Waals surface area (Å²) < 4.78 is 41.2. The molecule has 2 heterocycles. The molecule has 2 aromatic rings. The first-order chi connectivity index (χ1) is 13.6.